The number of hydrogen-bond donors (Lipinski definition) is 0. The molecule has 0 saturated heterocycles. The van der Waals surface area contributed by atoms with Crippen LogP contribution in [0.3, 0.4) is 0 Å². The third kappa shape index (κ3) is 2.63. The minimum Gasteiger partial charge on any atom is -0.490 e. The Bertz CT molecular complexity index is 380. The number of ether oxygens (including phenoxy) is 1. The predicted molar refractivity (Wildman–Crippen MR) is 63.9 cm³/mol. The van der Waals surface area contributed by atoms with Crippen LogP contribution < -0.4 is 4.74 Å². The summed E-state index contributed by atoms with van der Waals surface area (Å²) >= 11 is 0. The topological polar surface area (TPSA) is 26.3 Å². The largest absolute Gasteiger partial charge is 0.490 e. The molecule has 0 radical (unpaired) electrons. The summed E-state index contributed by atoms with van der Waals surface area (Å²) in [6.45, 7) is 4.14. The van der Waals surface area contributed by atoms with Gasteiger partial charge in [0.25, 0.3) is 0 Å². The van der Waals surface area contributed by atoms with Crippen molar-refractivity contribution in [3.8, 4) is 5.75 Å². The minimum absolute atomic E-state index is 0.242. The van der Waals surface area contributed by atoms with Gasteiger partial charge in [-0.1, -0.05) is 24.6 Å². The van der Waals surface area contributed by atoms with E-state index in [1.165, 1.54) is 11.1 Å². The Labute approximate surface area is 96.6 Å². The van der Waals surface area contributed by atoms with E-state index in [1.54, 1.807) is 0 Å². The number of rotatable bonds is 5. The predicted octanol–water partition coefficient (Wildman–Crippen LogP) is 3.23. The molecule has 1 aromatic carbocycles. The highest BCUT2D eigenvalue weighted by Gasteiger charge is 2.25. The first-order valence-electron chi connectivity index (χ1n) is 5.91. The third-order valence-corrected chi connectivity index (χ3v) is 2.96. The molecule has 2 nitrogen and oxygen atoms in total. The third-order valence-electron chi connectivity index (χ3n) is 2.96. The van der Waals surface area contributed by atoms with E-state index >= 15 is 0 Å². The van der Waals surface area contributed by atoms with Crippen LogP contribution >= 0.6 is 0 Å². The van der Waals surface area contributed by atoms with Crippen molar-refractivity contribution in [1.29, 1.82) is 0 Å². The second kappa shape index (κ2) is 4.69. The highest BCUT2D eigenvalue weighted by Crippen LogP contribution is 2.34. The summed E-state index contributed by atoms with van der Waals surface area (Å²) in [7, 11) is 0. The number of carbonyl (C=O) groups excluding carboxylic acids is 1. The molecule has 1 saturated carbocycles. The Hall–Kier alpha value is -1.31. The highest BCUT2D eigenvalue weighted by atomic mass is 16.5. The Morgan fingerprint density at radius 2 is 2.25 bits per heavy atom. The van der Waals surface area contributed by atoms with Crippen molar-refractivity contribution in [2.24, 2.45) is 0 Å². The maximum atomic E-state index is 10.6. The molecule has 0 N–H and O–H groups in total. The molecule has 1 fully saturated rings. The van der Waals surface area contributed by atoms with E-state index in [1.807, 2.05) is 6.07 Å². The van der Waals surface area contributed by atoms with Crippen LogP contribution in [0, 0.1) is 6.92 Å². The Morgan fingerprint density at radius 1 is 1.50 bits per heavy atom. The molecule has 1 aliphatic carbocycles. The van der Waals surface area contributed by atoms with E-state index < -0.39 is 0 Å². The summed E-state index contributed by atoms with van der Waals surface area (Å²) < 4.78 is 5.86. The van der Waals surface area contributed by atoms with Gasteiger partial charge in [0.1, 0.15) is 12.0 Å². The minimum atomic E-state index is 0.242. The van der Waals surface area contributed by atoms with Gasteiger partial charge in [-0.2, -0.15) is 0 Å². The van der Waals surface area contributed by atoms with Crippen LogP contribution in [0.1, 0.15) is 43.2 Å². The Balaban J connectivity index is 2.23. The van der Waals surface area contributed by atoms with Crippen LogP contribution in [0.15, 0.2) is 18.2 Å². The molecule has 86 valence electrons. The first-order chi connectivity index (χ1) is 7.70. The maximum Gasteiger partial charge on any atom is 0.123 e. The van der Waals surface area contributed by atoms with Gasteiger partial charge in [0, 0.05) is 6.42 Å². The van der Waals surface area contributed by atoms with Crippen molar-refractivity contribution in [2.75, 3.05) is 0 Å². The van der Waals surface area contributed by atoms with Crippen LogP contribution in [0.4, 0.5) is 0 Å². The summed E-state index contributed by atoms with van der Waals surface area (Å²) in [5.41, 5.74) is 2.38. The van der Waals surface area contributed by atoms with Crippen molar-refractivity contribution in [2.45, 2.75) is 45.1 Å². The Kier molecular flexibility index (Phi) is 3.28. The number of hydrogen-bond acceptors (Lipinski definition) is 2. The monoisotopic (exact) mass is 218 g/mol. The maximum absolute atomic E-state index is 10.6. The second-order valence-corrected chi connectivity index (χ2v) is 4.66. The average Bonchev–Trinajstić information content (AvgIpc) is 3.05. The van der Waals surface area contributed by atoms with Crippen LogP contribution in [-0.2, 0) is 4.79 Å². The molecular formula is C14H18O2. The zero-order valence-corrected chi connectivity index (χ0v) is 9.90. The lowest BCUT2D eigenvalue weighted by Crippen LogP contribution is -2.03. The number of carbonyl (C=O) groups is 1. The van der Waals surface area contributed by atoms with Gasteiger partial charge >= 0.3 is 0 Å². The number of benzene rings is 1. The molecule has 16 heavy (non-hydrogen) atoms. The van der Waals surface area contributed by atoms with Gasteiger partial charge in [-0.3, -0.25) is 0 Å². The zero-order chi connectivity index (χ0) is 11.5. The summed E-state index contributed by atoms with van der Waals surface area (Å²) in [6.07, 6.45) is 4.27. The van der Waals surface area contributed by atoms with Crippen molar-refractivity contribution < 1.29 is 9.53 Å². The fourth-order valence-electron chi connectivity index (χ4n) is 1.80. The van der Waals surface area contributed by atoms with Crippen LogP contribution in [0.25, 0.3) is 0 Å². The molecule has 0 heterocycles. The normalized spacial score (nSPS) is 16.9. The van der Waals surface area contributed by atoms with E-state index in [9.17, 15) is 4.79 Å². The molecule has 0 spiro atoms. The molecule has 0 aromatic heterocycles. The van der Waals surface area contributed by atoms with E-state index in [-0.39, 0.29) is 5.92 Å². The van der Waals surface area contributed by atoms with Crippen molar-refractivity contribution in [1.82, 2.24) is 0 Å². The van der Waals surface area contributed by atoms with E-state index in [0.717, 1.165) is 24.9 Å². The van der Waals surface area contributed by atoms with Gasteiger partial charge in [0.05, 0.1) is 6.10 Å². The molecule has 1 aromatic rings. The summed E-state index contributed by atoms with van der Waals surface area (Å²) in [5.74, 6) is 1.20. The van der Waals surface area contributed by atoms with E-state index in [2.05, 4.69) is 26.0 Å². The van der Waals surface area contributed by atoms with Gasteiger partial charge in [-0.25, -0.2) is 0 Å². The van der Waals surface area contributed by atoms with E-state index in [4.69, 9.17) is 4.74 Å². The van der Waals surface area contributed by atoms with Gasteiger partial charge in [-0.05, 0) is 37.3 Å². The van der Waals surface area contributed by atoms with Crippen LogP contribution in [-0.4, -0.2) is 12.4 Å². The van der Waals surface area contributed by atoms with Gasteiger partial charge in [-0.15, -0.1) is 0 Å². The van der Waals surface area contributed by atoms with Gasteiger partial charge in [0.2, 0.25) is 0 Å². The fraction of sp³-hybridized carbons (Fsp3) is 0.500. The molecule has 1 aliphatic rings. The molecule has 1 unspecified atom stereocenters. The van der Waals surface area contributed by atoms with Crippen molar-refractivity contribution >= 4 is 6.29 Å². The first-order valence-corrected chi connectivity index (χ1v) is 5.91. The molecule has 0 aliphatic heterocycles. The average molecular weight is 218 g/mol. The summed E-state index contributed by atoms with van der Waals surface area (Å²) in [6, 6.07) is 6.23. The Morgan fingerprint density at radius 3 is 2.88 bits per heavy atom. The zero-order valence-electron chi connectivity index (χ0n) is 9.90. The lowest BCUT2D eigenvalue weighted by atomic mass is 9.96. The summed E-state index contributed by atoms with van der Waals surface area (Å²) in [4.78, 5) is 10.6. The van der Waals surface area contributed by atoms with Crippen LogP contribution in [0.5, 0.6) is 5.75 Å². The van der Waals surface area contributed by atoms with Gasteiger partial charge in [0.15, 0.2) is 0 Å². The second-order valence-electron chi connectivity index (χ2n) is 4.66. The standard InChI is InChI=1S/C14H18O2/c1-10-3-6-14(16-12-4-5-12)13(9-10)11(2)7-8-15/h3,6,8-9,11-12H,4-5,7H2,1-2H3. The SMILES string of the molecule is Cc1ccc(OC2CC2)c(C(C)CC=O)c1. The fourth-order valence-corrected chi connectivity index (χ4v) is 1.80. The molecule has 2 heteroatoms. The van der Waals surface area contributed by atoms with Gasteiger partial charge < -0.3 is 9.53 Å². The molecular weight excluding hydrogens is 200 g/mol. The van der Waals surface area contributed by atoms with Crippen LogP contribution in [0.2, 0.25) is 0 Å². The molecule has 0 amide bonds. The smallest absolute Gasteiger partial charge is 0.123 e. The molecule has 0 bridgehead atoms. The first kappa shape index (κ1) is 11.2. The molecule has 1 atom stereocenters. The molecule has 2 rings (SSSR count). The lowest BCUT2D eigenvalue weighted by molar-refractivity contribution is -0.108. The highest BCUT2D eigenvalue weighted by molar-refractivity contribution is 5.53. The van der Waals surface area contributed by atoms with E-state index in [0.29, 0.717) is 12.5 Å². The summed E-state index contributed by atoms with van der Waals surface area (Å²) in [5, 5.41) is 0. The lowest BCUT2D eigenvalue weighted by Gasteiger charge is -2.15. The number of aldehydes is 1. The van der Waals surface area contributed by atoms with Crippen molar-refractivity contribution in [3.63, 3.8) is 0 Å². The quantitative estimate of drug-likeness (QED) is 0.709. The van der Waals surface area contributed by atoms with Crippen molar-refractivity contribution in [3.05, 3.63) is 29.3 Å². The number of aryl methyl sites for hydroxylation is 1.